The molecule has 1 heterocycles. The standard InChI is InChI=1S/C15H22N2O2/c1-11-9-13(15(18)19)5-6-14(11)16-10-12(2)17-7-3-4-8-17/h5-6,9,12,16H,3-4,7-8,10H2,1-2H3,(H,18,19). The van der Waals surface area contributed by atoms with E-state index in [1.165, 1.54) is 25.9 Å². The molecule has 19 heavy (non-hydrogen) atoms. The van der Waals surface area contributed by atoms with E-state index in [0.29, 0.717) is 11.6 Å². The summed E-state index contributed by atoms with van der Waals surface area (Å²) in [5, 5.41) is 12.4. The number of nitrogens with one attached hydrogen (secondary N) is 1. The van der Waals surface area contributed by atoms with Crippen LogP contribution >= 0.6 is 0 Å². The van der Waals surface area contributed by atoms with Gasteiger partial charge in [0.1, 0.15) is 0 Å². The smallest absolute Gasteiger partial charge is 0.335 e. The van der Waals surface area contributed by atoms with Crippen molar-refractivity contribution in [1.29, 1.82) is 0 Å². The molecule has 104 valence electrons. The third kappa shape index (κ3) is 3.47. The Labute approximate surface area is 114 Å². The first-order valence-corrected chi connectivity index (χ1v) is 6.90. The van der Waals surface area contributed by atoms with Gasteiger partial charge in [-0.05, 0) is 63.5 Å². The Hall–Kier alpha value is -1.55. The molecule has 1 fully saturated rings. The first-order chi connectivity index (χ1) is 9.08. The van der Waals surface area contributed by atoms with Crippen molar-refractivity contribution in [2.75, 3.05) is 25.0 Å². The minimum Gasteiger partial charge on any atom is -0.478 e. The zero-order valence-corrected chi connectivity index (χ0v) is 11.6. The van der Waals surface area contributed by atoms with Crippen LogP contribution in [0, 0.1) is 6.92 Å². The van der Waals surface area contributed by atoms with Crippen molar-refractivity contribution >= 4 is 11.7 Å². The summed E-state index contributed by atoms with van der Waals surface area (Å²) in [6, 6.07) is 5.74. The number of nitrogens with zero attached hydrogens (tertiary/aromatic N) is 1. The Balaban J connectivity index is 1.93. The molecule has 1 atom stereocenters. The third-order valence-electron chi connectivity index (χ3n) is 3.83. The lowest BCUT2D eigenvalue weighted by Crippen LogP contribution is -2.35. The molecule has 4 heteroatoms. The fourth-order valence-corrected chi connectivity index (χ4v) is 2.56. The van der Waals surface area contributed by atoms with E-state index in [1.54, 1.807) is 12.1 Å². The molecule has 0 saturated carbocycles. The van der Waals surface area contributed by atoms with E-state index in [0.717, 1.165) is 17.8 Å². The van der Waals surface area contributed by atoms with Crippen LogP contribution < -0.4 is 5.32 Å². The summed E-state index contributed by atoms with van der Waals surface area (Å²) < 4.78 is 0. The van der Waals surface area contributed by atoms with Gasteiger partial charge in [0.15, 0.2) is 0 Å². The van der Waals surface area contributed by atoms with Gasteiger partial charge in [-0.3, -0.25) is 4.90 Å². The molecular formula is C15H22N2O2. The normalized spacial score (nSPS) is 17.4. The molecule has 2 rings (SSSR count). The van der Waals surface area contributed by atoms with E-state index < -0.39 is 5.97 Å². The second-order valence-corrected chi connectivity index (χ2v) is 5.31. The van der Waals surface area contributed by atoms with Crippen molar-refractivity contribution in [3.8, 4) is 0 Å². The number of carboxylic acid groups (broad SMARTS) is 1. The van der Waals surface area contributed by atoms with Crippen LogP contribution in [-0.2, 0) is 0 Å². The predicted octanol–water partition coefficient (Wildman–Crippen LogP) is 2.59. The highest BCUT2D eigenvalue weighted by Gasteiger charge is 2.17. The molecule has 1 aliphatic heterocycles. The number of likely N-dealkylation sites (tertiary alicyclic amines) is 1. The molecule has 0 bridgehead atoms. The highest BCUT2D eigenvalue weighted by Crippen LogP contribution is 2.18. The van der Waals surface area contributed by atoms with Crippen LogP contribution in [0.15, 0.2) is 18.2 Å². The van der Waals surface area contributed by atoms with E-state index >= 15 is 0 Å². The van der Waals surface area contributed by atoms with Crippen LogP contribution in [0.5, 0.6) is 0 Å². The molecule has 4 nitrogen and oxygen atoms in total. The Morgan fingerprint density at radius 3 is 2.68 bits per heavy atom. The van der Waals surface area contributed by atoms with Crippen molar-refractivity contribution in [2.45, 2.75) is 32.7 Å². The average Bonchev–Trinajstić information content (AvgIpc) is 2.90. The predicted molar refractivity (Wildman–Crippen MR) is 76.9 cm³/mol. The molecule has 1 unspecified atom stereocenters. The number of aryl methyl sites for hydroxylation is 1. The second-order valence-electron chi connectivity index (χ2n) is 5.31. The van der Waals surface area contributed by atoms with Gasteiger partial charge in [0.05, 0.1) is 5.56 Å². The molecule has 0 amide bonds. The Kier molecular flexibility index (Phi) is 4.43. The van der Waals surface area contributed by atoms with E-state index in [2.05, 4.69) is 17.1 Å². The van der Waals surface area contributed by atoms with Crippen LogP contribution in [0.2, 0.25) is 0 Å². The lowest BCUT2D eigenvalue weighted by molar-refractivity contribution is 0.0697. The van der Waals surface area contributed by atoms with Crippen LogP contribution in [0.4, 0.5) is 5.69 Å². The summed E-state index contributed by atoms with van der Waals surface area (Å²) in [4.78, 5) is 13.4. The summed E-state index contributed by atoms with van der Waals surface area (Å²) in [6.45, 7) is 7.46. The molecule has 1 aromatic rings. The van der Waals surface area contributed by atoms with Gasteiger partial charge in [-0.15, -0.1) is 0 Å². The quantitative estimate of drug-likeness (QED) is 0.856. The lowest BCUT2D eigenvalue weighted by atomic mass is 10.1. The summed E-state index contributed by atoms with van der Waals surface area (Å²) in [5.41, 5.74) is 2.35. The van der Waals surface area contributed by atoms with Crippen LogP contribution in [-0.4, -0.2) is 41.7 Å². The fourth-order valence-electron chi connectivity index (χ4n) is 2.56. The summed E-state index contributed by atoms with van der Waals surface area (Å²) in [6.07, 6.45) is 2.60. The lowest BCUT2D eigenvalue weighted by Gasteiger charge is -2.24. The van der Waals surface area contributed by atoms with Crippen LogP contribution in [0.25, 0.3) is 0 Å². The second kappa shape index (κ2) is 6.06. The molecule has 1 aromatic carbocycles. The number of anilines is 1. The van der Waals surface area contributed by atoms with Crippen LogP contribution in [0.1, 0.15) is 35.7 Å². The van der Waals surface area contributed by atoms with Crippen LogP contribution in [0.3, 0.4) is 0 Å². The number of rotatable bonds is 5. The topological polar surface area (TPSA) is 52.6 Å². The van der Waals surface area contributed by atoms with Gasteiger partial charge in [-0.25, -0.2) is 4.79 Å². The molecule has 0 aliphatic carbocycles. The van der Waals surface area contributed by atoms with E-state index in [1.807, 2.05) is 13.0 Å². The first kappa shape index (κ1) is 13.9. The SMILES string of the molecule is Cc1cc(C(=O)O)ccc1NCC(C)N1CCCC1. The molecule has 0 radical (unpaired) electrons. The van der Waals surface area contributed by atoms with Gasteiger partial charge in [0.2, 0.25) is 0 Å². The molecule has 2 N–H and O–H groups in total. The van der Waals surface area contributed by atoms with Crippen molar-refractivity contribution in [2.24, 2.45) is 0 Å². The maximum absolute atomic E-state index is 10.9. The van der Waals surface area contributed by atoms with Crippen molar-refractivity contribution in [3.05, 3.63) is 29.3 Å². The van der Waals surface area contributed by atoms with E-state index in [9.17, 15) is 4.79 Å². The molecule has 0 spiro atoms. The average molecular weight is 262 g/mol. The van der Waals surface area contributed by atoms with Gasteiger partial charge >= 0.3 is 5.97 Å². The zero-order chi connectivity index (χ0) is 13.8. The first-order valence-electron chi connectivity index (χ1n) is 6.90. The molecular weight excluding hydrogens is 240 g/mol. The van der Waals surface area contributed by atoms with Gasteiger partial charge in [0.25, 0.3) is 0 Å². The number of hydrogen-bond acceptors (Lipinski definition) is 3. The molecule has 1 aliphatic rings. The summed E-state index contributed by atoms with van der Waals surface area (Å²) in [5.74, 6) is -0.875. The number of hydrogen-bond donors (Lipinski definition) is 2. The van der Waals surface area contributed by atoms with Crippen molar-refractivity contribution in [1.82, 2.24) is 4.90 Å². The van der Waals surface area contributed by atoms with Gasteiger partial charge in [-0.1, -0.05) is 0 Å². The highest BCUT2D eigenvalue weighted by atomic mass is 16.4. The van der Waals surface area contributed by atoms with Gasteiger partial charge < -0.3 is 10.4 Å². The number of aromatic carboxylic acids is 1. The fraction of sp³-hybridized carbons (Fsp3) is 0.533. The monoisotopic (exact) mass is 262 g/mol. The molecule has 0 aromatic heterocycles. The van der Waals surface area contributed by atoms with E-state index in [-0.39, 0.29) is 0 Å². The molecule has 1 saturated heterocycles. The number of benzene rings is 1. The highest BCUT2D eigenvalue weighted by molar-refractivity contribution is 5.88. The largest absolute Gasteiger partial charge is 0.478 e. The zero-order valence-electron chi connectivity index (χ0n) is 11.6. The summed E-state index contributed by atoms with van der Waals surface area (Å²) in [7, 11) is 0. The Bertz CT molecular complexity index is 453. The van der Waals surface area contributed by atoms with E-state index in [4.69, 9.17) is 5.11 Å². The minimum atomic E-state index is -0.875. The summed E-state index contributed by atoms with van der Waals surface area (Å²) >= 11 is 0. The van der Waals surface area contributed by atoms with Gasteiger partial charge in [0, 0.05) is 18.3 Å². The third-order valence-corrected chi connectivity index (χ3v) is 3.83. The maximum atomic E-state index is 10.9. The maximum Gasteiger partial charge on any atom is 0.335 e. The Morgan fingerprint density at radius 2 is 2.11 bits per heavy atom. The van der Waals surface area contributed by atoms with Crippen molar-refractivity contribution in [3.63, 3.8) is 0 Å². The van der Waals surface area contributed by atoms with Gasteiger partial charge in [-0.2, -0.15) is 0 Å². The number of carbonyl (C=O) groups is 1. The number of carboxylic acids is 1. The minimum absolute atomic E-state index is 0.343. The van der Waals surface area contributed by atoms with Crippen molar-refractivity contribution < 1.29 is 9.90 Å². The Morgan fingerprint density at radius 1 is 1.42 bits per heavy atom.